The minimum atomic E-state index is -0.908. The van der Waals surface area contributed by atoms with Crippen molar-refractivity contribution in [1.29, 1.82) is 0 Å². The van der Waals surface area contributed by atoms with E-state index >= 15 is 0 Å². The van der Waals surface area contributed by atoms with E-state index in [0.29, 0.717) is 6.42 Å². The van der Waals surface area contributed by atoms with Crippen LogP contribution in [0.15, 0.2) is 30.4 Å². The van der Waals surface area contributed by atoms with Crippen molar-refractivity contribution < 1.29 is 9.90 Å². The summed E-state index contributed by atoms with van der Waals surface area (Å²) in [6.45, 7) is 1.98. The molecule has 0 amide bonds. The quantitative estimate of drug-likeness (QED) is 0.829. The van der Waals surface area contributed by atoms with Crippen LogP contribution in [0.4, 0.5) is 0 Å². The third-order valence-corrected chi connectivity index (χ3v) is 3.11. The number of aliphatic carboxylic acids is 1. The van der Waals surface area contributed by atoms with E-state index in [-0.39, 0.29) is 0 Å². The van der Waals surface area contributed by atoms with Crippen molar-refractivity contribution in [3.63, 3.8) is 0 Å². The number of allylic oxidation sites excluding steroid dienone is 1. The zero-order valence-corrected chi connectivity index (χ0v) is 9.62. The minimum absolute atomic E-state index is 0.638. The first-order chi connectivity index (χ1) is 7.65. The largest absolute Gasteiger partial charge is 0.478 e. The lowest BCUT2D eigenvalue weighted by Crippen LogP contribution is -1.87. The number of carboxylic acid groups (broad SMARTS) is 1. The third kappa shape index (κ3) is 2.46. The van der Waals surface area contributed by atoms with Gasteiger partial charge in [-0.05, 0) is 31.0 Å². The second-order valence-electron chi connectivity index (χ2n) is 3.48. The molecular weight excluding hydrogens is 222 g/mol. The first-order valence-corrected chi connectivity index (χ1v) is 5.72. The summed E-state index contributed by atoms with van der Waals surface area (Å²) in [5.41, 5.74) is 2.11. The number of benzene rings is 1. The average molecular weight is 233 g/mol. The SMILES string of the molecule is Cc1nc2ccc(C/C=C/C(=O)O)cc2s1. The molecule has 2 aromatic rings. The van der Waals surface area contributed by atoms with Gasteiger partial charge in [-0.25, -0.2) is 9.78 Å². The Hall–Kier alpha value is -1.68. The Labute approximate surface area is 97.1 Å². The highest BCUT2D eigenvalue weighted by Crippen LogP contribution is 2.22. The van der Waals surface area contributed by atoms with Crippen molar-refractivity contribution in [1.82, 2.24) is 4.98 Å². The Morgan fingerprint density at radius 3 is 3.12 bits per heavy atom. The lowest BCUT2D eigenvalue weighted by atomic mass is 10.1. The molecule has 0 saturated heterocycles. The first-order valence-electron chi connectivity index (χ1n) is 4.91. The molecule has 1 heterocycles. The maximum Gasteiger partial charge on any atom is 0.327 e. The van der Waals surface area contributed by atoms with E-state index in [0.717, 1.165) is 20.8 Å². The fourth-order valence-electron chi connectivity index (χ4n) is 1.51. The van der Waals surface area contributed by atoms with E-state index in [1.807, 2.05) is 19.1 Å². The minimum Gasteiger partial charge on any atom is -0.478 e. The molecule has 1 aromatic carbocycles. The normalized spacial score (nSPS) is 11.3. The summed E-state index contributed by atoms with van der Waals surface area (Å²) in [4.78, 5) is 14.7. The van der Waals surface area contributed by atoms with Crippen molar-refractivity contribution in [2.75, 3.05) is 0 Å². The van der Waals surface area contributed by atoms with Gasteiger partial charge in [0.2, 0.25) is 0 Å². The molecule has 0 aliphatic heterocycles. The van der Waals surface area contributed by atoms with Crippen molar-refractivity contribution >= 4 is 27.5 Å². The summed E-state index contributed by atoms with van der Waals surface area (Å²) in [5, 5.41) is 9.52. The molecule has 0 radical (unpaired) electrons. The zero-order chi connectivity index (χ0) is 11.5. The highest BCUT2D eigenvalue weighted by Gasteiger charge is 2.00. The van der Waals surface area contributed by atoms with Gasteiger partial charge in [-0.15, -0.1) is 11.3 Å². The van der Waals surface area contributed by atoms with Gasteiger partial charge in [0.25, 0.3) is 0 Å². The zero-order valence-electron chi connectivity index (χ0n) is 8.80. The smallest absolute Gasteiger partial charge is 0.327 e. The second kappa shape index (κ2) is 4.45. The topological polar surface area (TPSA) is 50.2 Å². The van der Waals surface area contributed by atoms with Gasteiger partial charge in [-0.3, -0.25) is 0 Å². The number of carboxylic acids is 1. The number of nitrogens with zero attached hydrogens (tertiary/aromatic N) is 1. The van der Waals surface area contributed by atoms with Gasteiger partial charge < -0.3 is 5.11 Å². The summed E-state index contributed by atoms with van der Waals surface area (Å²) >= 11 is 1.65. The van der Waals surface area contributed by atoms with Crippen LogP contribution in [-0.4, -0.2) is 16.1 Å². The van der Waals surface area contributed by atoms with Gasteiger partial charge in [-0.2, -0.15) is 0 Å². The molecule has 0 saturated carbocycles. The Morgan fingerprint density at radius 2 is 2.38 bits per heavy atom. The van der Waals surface area contributed by atoms with Crippen LogP contribution in [0.2, 0.25) is 0 Å². The van der Waals surface area contributed by atoms with Crippen LogP contribution in [-0.2, 0) is 11.2 Å². The van der Waals surface area contributed by atoms with E-state index in [1.54, 1.807) is 17.4 Å². The van der Waals surface area contributed by atoms with E-state index in [1.165, 1.54) is 6.08 Å². The number of carbonyl (C=O) groups is 1. The van der Waals surface area contributed by atoms with Gasteiger partial charge in [0.1, 0.15) is 0 Å². The van der Waals surface area contributed by atoms with Crippen LogP contribution in [0.5, 0.6) is 0 Å². The van der Waals surface area contributed by atoms with Crippen LogP contribution in [0, 0.1) is 6.92 Å². The number of aryl methyl sites for hydroxylation is 1. The molecule has 16 heavy (non-hydrogen) atoms. The van der Waals surface area contributed by atoms with Crippen LogP contribution in [0.1, 0.15) is 10.6 Å². The molecule has 0 aliphatic carbocycles. The van der Waals surface area contributed by atoms with E-state index in [4.69, 9.17) is 5.11 Å². The molecule has 2 rings (SSSR count). The Bertz CT molecular complexity index is 557. The monoisotopic (exact) mass is 233 g/mol. The number of rotatable bonds is 3. The summed E-state index contributed by atoms with van der Waals surface area (Å²) in [7, 11) is 0. The summed E-state index contributed by atoms with van der Waals surface area (Å²) in [6, 6.07) is 6.02. The lowest BCUT2D eigenvalue weighted by molar-refractivity contribution is -0.131. The summed E-state index contributed by atoms with van der Waals surface area (Å²) in [6.07, 6.45) is 3.46. The molecule has 3 nitrogen and oxygen atoms in total. The molecule has 0 unspecified atom stereocenters. The van der Waals surface area contributed by atoms with Crippen LogP contribution in [0.25, 0.3) is 10.2 Å². The molecule has 0 fully saturated rings. The highest BCUT2D eigenvalue weighted by molar-refractivity contribution is 7.18. The Morgan fingerprint density at radius 1 is 1.56 bits per heavy atom. The molecule has 0 aliphatic rings. The van der Waals surface area contributed by atoms with Crippen molar-refractivity contribution in [2.24, 2.45) is 0 Å². The summed E-state index contributed by atoms with van der Waals surface area (Å²) < 4.78 is 1.15. The van der Waals surface area contributed by atoms with Crippen molar-refractivity contribution in [3.05, 3.63) is 40.9 Å². The van der Waals surface area contributed by atoms with Gasteiger partial charge in [0.05, 0.1) is 15.2 Å². The Balaban J connectivity index is 2.22. The number of fused-ring (bicyclic) bond motifs is 1. The van der Waals surface area contributed by atoms with E-state index in [9.17, 15) is 4.79 Å². The highest BCUT2D eigenvalue weighted by atomic mass is 32.1. The molecule has 0 bridgehead atoms. The maximum absolute atomic E-state index is 10.3. The third-order valence-electron chi connectivity index (χ3n) is 2.17. The molecule has 0 atom stereocenters. The van der Waals surface area contributed by atoms with Crippen molar-refractivity contribution in [2.45, 2.75) is 13.3 Å². The van der Waals surface area contributed by atoms with Gasteiger partial charge in [0.15, 0.2) is 0 Å². The number of hydrogen-bond donors (Lipinski definition) is 1. The predicted octanol–water partition coefficient (Wildman–Crippen LogP) is 2.79. The number of aromatic nitrogens is 1. The van der Waals surface area contributed by atoms with Gasteiger partial charge in [-0.1, -0.05) is 12.1 Å². The molecule has 1 aromatic heterocycles. The number of hydrogen-bond acceptors (Lipinski definition) is 3. The fraction of sp³-hybridized carbons (Fsp3) is 0.167. The molecular formula is C12H11NO2S. The fourth-order valence-corrected chi connectivity index (χ4v) is 2.40. The molecule has 4 heteroatoms. The van der Waals surface area contributed by atoms with Crippen molar-refractivity contribution in [3.8, 4) is 0 Å². The van der Waals surface area contributed by atoms with Crippen LogP contribution in [0.3, 0.4) is 0 Å². The van der Waals surface area contributed by atoms with Gasteiger partial charge in [0, 0.05) is 6.08 Å². The molecule has 1 N–H and O–H groups in total. The second-order valence-corrected chi connectivity index (χ2v) is 4.71. The van der Waals surface area contributed by atoms with E-state index < -0.39 is 5.97 Å². The lowest BCUT2D eigenvalue weighted by Gasteiger charge is -1.95. The summed E-state index contributed by atoms with van der Waals surface area (Å²) in [5.74, 6) is -0.908. The molecule has 0 spiro atoms. The van der Waals surface area contributed by atoms with Gasteiger partial charge >= 0.3 is 5.97 Å². The van der Waals surface area contributed by atoms with Crippen LogP contribution >= 0.6 is 11.3 Å². The average Bonchev–Trinajstić information content (AvgIpc) is 2.56. The number of thiazole rings is 1. The first kappa shape index (κ1) is 10.8. The van der Waals surface area contributed by atoms with Crippen LogP contribution < -0.4 is 0 Å². The predicted molar refractivity (Wildman–Crippen MR) is 64.8 cm³/mol. The standard InChI is InChI=1S/C12H11NO2S/c1-8-13-10-6-5-9(7-11(10)16-8)3-2-4-12(14)15/h2,4-7H,3H2,1H3,(H,14,15)/b4-2+. The molecule has 82 valence electrons. The Kier molecular flexibility index (Phi) is 3.01. The van der Waals surface area contributed by atoms with E-state index in [2.05, 4.69) is 11.1 Å². The maximum atomic E-state index is 10.3.